The fourth-order valence-corrected chi connectivity index (χ4v) is 4.89. The van der Waals surface area contributed by atoms with Gasteiger partial charge in [-0.2, -0.15) is 10.2 Å². The number of nitrogens with zero attached hydrogens (tertiary/aromatic N) is 6. The van der Waals surface area contributed by atoms with Gasteiger partial charge in [-0.25, -0.2) is 4.98 Å². The molecule has 1 amide bonds. The van der Waals surface area contributed by atoms with Crippen molar-refractivity contribution in [3.8, 4) is 0 Å². The van der Waals surface area contributed by atoms with Crippen molar-refractivity contribution in [1.29, 1.82) is 0 Å². The van der Waals surface area contributed by atoms with Crippen molar-refractivity contribution in [3.05, 3.63) is 29.6 Å². The van der Waals surface area contributed by atoms with Crippen LogP contribution in [0, 0.1) is 18.8 Å². The van der Waals surface area contributed by atoms with E-state index in [1.54, 1.807) is 0 Å². The number of aromatic amines is 1. The highest BCUT2D eigenvalue weighted by molar-refractivity contribution is 5.81. The number of aromatic nitrogens is 5. The largest absolute Gasteiger partial charge is 0.341 e. The molecule has 3 fully saturated rings. The number of hydrogen-bond acceptors (Lipinski definition) is 5. The van der Waals surface area contributed by atoms with E-state index in [1.807, 2.05) is 24.9 Å². The number of amides is 1. The zero-order chi connectivity index (χ0) is 18.6. The van der Waals surface area contributed by atoms with E-state index in [-0.39, 0.29) is 11.3 Å². The van der Waals surface area contributed by atoms with E-state index in [9.17, 15) is 4.79 Å². The molecule has 8 heteroatoms. The first-order valence-corrected chi connectivity index (χ1v) is 9.92. The summed E-state index contributed by atoms with van der Waals surface area (Å²) in [6, 6.07) is 0. The van der Waals surface area contributed by atoms with E-state index in [2.05, 4.69) is 31.3 Å². The Labute approximate surface area is 158 Å². The first-order chi connectivity index (χ1) is 13.0. The number of aryl methyl sites for hydroxylation is 2. The molecule has 0 bridgehead atoms. The molecule has 4 heterocycles. The quantitative estimate of drug-likeness (QED) is 0.864. The first-order valence-electron chi connectivity index (χ1n) is 9.92. The minimum Gasteiger partial charge on any atom is -0.341 e. The maximum absolute atomic E-state index is 12.8. The van der Waals surface area contributed by atoms with Crippen molar-refractivity contribution in [2.75, 3.05) is 26.2 Å². The second-order valence-corrected chi connectivity index (χ2v) is 8.60. The number of carbonyl (C=O) groups is 1. The fourth-order valence-electron chi connectivity index (χ4n) is 4.89. The number of hydrogen-bond donors (Lipinski definition) is 1. The molecular formula is C19H27N7O. The Morgan fingerprint density at radius 2 is 2.22 bits per heavy atom. The van der Waals surface area contributed by atoms with Crippen LogP contribution in [-0.2, 0) is 23.8 Å². The lowest BCUT2D eigenvalue weighted by Crippen LogP contribution is -2.49. The Kier molecular flexibility index (Phi) is 3.86. The molecule has 27 heavy (non-hydrogen) atoms. The van der Waals surface area contributed by atoms with Gasteiger partial charge in [0.25, 0.3) is 0 Å². The molecule has 2 saturated heterocycles. The minimum atomic E-state index is -0.110. The average Bonchev–Trinajstić information content (AvgIpc) is 3.08. The molecule has 0 aromatic carbocycles. The van der Waals surface area contributed by atoms with Gasteiger partial charge in [0.15, 0.2) is 5.82 Å². The third-order valence-corrected chi connectivity index (χ3v) is 6.49. The SMILES string of the molecule is Cc1nc([C@@]23CCN(Cc4cnn(C)c4)C[C@@H]2CN(C(=O)C2CC2)C3)n[nH]1. The van der Waals surface area contributed by atoms with Gasteiger partial charge in [-0.3, -0.25) is 19.5 Å². The van der Waals surface area contributed by atoms with Crippen molar-refractivity contribution in [2.45, 2.75) is 38.1 Å². The van der Waals surface area contributed by atoms with Gasteiger partial charge in [-0.05, 0) is 32.7 Å². The number of H-pyrrole nitrogens is 1. The molecule has 2 aliphatic heterocycles. The average molecular weight is 369 g/mol. The van der Waals surface area contributed by atoms with Crippen molar-refractivity contribution in [2.24, 2.45) is 18.9 Å². The second-order valence-electron chi connectivity index (χ2n) is 8.60. The van der Waals surface area contributed by atoms with Crippen LogP contribution in [0.5, 0.6) is 0 Å². The summed E-state index contributed by atoms with van der Waals surface area (Å²) in [6.07, 6.45) is 7.12. The van der Waals surface area contributed by atoms with Crippen LogP contribution in [0.25, 0.3) is 0 Å². The van der Waals surface area contributed by atoms with Gasteiger partial charge < -0.3 is 4.90 Å². The summed E-state index contributed by atoms with van der Waals surface area (Å²) in [4.78, 5) is 22.0. The lowest BCUT2D eigenvalue weighted by molar-refractivity contribution is -0.131. The summed E-state index contributed by atoms with van der Waals surface area (Å²) >= 11 is 0. The van der Waals surface area contributed by atoms with Crippen molar-refractivity contribution in [3.63, 3.8) is 0 Å². The molecule has 0 spiro atoms. The van der Waals surface area contributed by atoms with Gasteiger partial charge in [-0.15, -0.1) is 0 Å². The van der Waals surface area contributed by atoms with Gasteiger partial charge >= 0.3 is 0 Å². The summed E-state index contributed by atoms with van der Waals surface area (Å²) in [7, 11) is 1.95. The predicted molar refractivity (Wildman–Crippen MR) is 98.7 cm³/mol. The fraction of sp³-hybridized carbons (Fsp3) is 0.684. The highest BCUT2D eigenvalue weighted by Gasteiger charge is 2.54. The molecule has 8 nitrogen and oxygen atoms in total. The Balaban J connectivity index is 1.39. The van der Waals surface area contributed by atoms with Crippen molar-refractivity contribution in [1.82, 2.24) is 34.8 Å². The normalized spacial score (nSPS) is 28.5. The number of likely N-dealkylation sites (tertiary alicyclic amines) is 2. The highest BCUT2D eigenvalue weighted by atomic mass is 16.2. The molecule has 144 valence electrons. The Morgan fingerprint density at radius 3 is 2.89 bits per heavy atom. The minimum absolute atomic E-state index is 0.110. The molecule has 1 N–H and O–H groups in total. The highest BCUT2D eigenvalue weighted by Crippen LogP contribution is 2.45. The van der Waals surface area contributed by atoms with E-state index in [1.165, 1.54) is 5.56 Å². The van der Waals surface area contributed by atoms with Crippen LogP contribution in [0.3, 0.4) is 0 Å². The molecule has 2 aromatic rings. The Bertz CT molecular complexity index is 854. The zero-order valence-electron chi connectivity index (χ0n) is 16.1. The second kappa shape index (κ2) is 6.15. The summed E-state index contributed by atoms with van der Waals surface area (Å²) in [5.41, 5.74) is 1.13. The molecule has 3 aliphatic rings. The van der Waals surface area contributed by atoms with Crippen LogP contribution in [0.2, 0.25) is 0 Å². The van der Waals surface area contributed by atoms with Gasteiger partial charge in [0.1, 0.15) is 5.82 Å². The third-order valence-electron chi connectivity index (χ3n) is 6.49. The van der Waals surface area contributed by atoms with Crippen LogP contribution in [-0.4, -0.2) is 66.8 Å². The van der Waals surface area contributed by atoms with Crippen LogP contribution in [0.15, 0.2) is 12.4 Å². The topological polar surface area (TPSA) is 82.9 Å². The van der Waals surface area contributed by atoms with Crippen molar-refractivity contribution >= 4 is 5.91 Å². The Hall–Kier alpha value is -2.22. The first kappa shape index (κ1) is 16.9. The molecular weight excluding hydrogens is 342 g/mol. The summed E-state index contributed by atoms with van der Waals surface area (Å²) < 4.78 is 1.85. The number of carbonyl (C=O) groups excluding carboxylic acids is 1. The molecule has 0 unspecified atom stereocenters. The number of fused-ring (bicyclic) bond motifs is 1. The molecule has 2 aromatic heterocycles. The van der Waals surface area contributed by atoms with E-state index < -0.39 is 0 Å². The lowest BCUT2D eigenvalue weighted by Gasteiger charge is -2.41. The Morgan fingerprint density at radius 1 is 1.37 bits per heavy atom. The van der Waals surface area contributed by atoms with Gasteiger partial charge in [-0.1, -0.05) is 0 Å². The van der Waals surface area contributed by atoms with Crippen LogP contribution >= 0.6 is 0 Å². The van der Waals surface area contributed by atoms with Crippen molar-refractivity contribution < 1.29 is 4.79 Å². The van der Waals surface area contributed by atoms with Gasteiger partial charge in [0.2, 0.25) is 5.91 Å². The maximum Gasteiger partial charge on any atom is 0.225 e. The third kappa shape index (κ3) is 2.96. The number of rotatable bonds is 4. The van der Waals surface area contributed by atoms with Crippen LogP contribution in [0.1, 0.15) is 36.5 Å². The maximum atomic E-state index is 12.8. The van der Waals surface area contributed by atoms with Crippen LogP contribution in [0.4, 0.5) is 0 Å². The monoisotopic (exact) mass is 369 g/mol. The number of piperidine rings is 1. The van der Waals surface area contributed by atoms with Crippen LogP contribution < -0.4 is 0 Å². The van der Waals surface area contributed by atoms with E-state index >= 15 is 0 Å². The number of nitrogens with one attached hydrogen (secondary N) is 1. The predicted octanol–water partition coefficient (Wildman–Crippen LogP) is 0.859. The van der Waals surface area contributed by atoms with Gasteiger partial charge in [0.05, 0.1) is 11.6 Å². The zero-order valence-corrected chi connectivity index (χ0v) is 16.1. The summed E-state index contributed by atoms with van der Waals surface area (Å²) in [5.74, 6) is 2.73. The lowest BCUT2D eigenvalue weighted by atomic mass is 9.72. The standard InChI is InChI=1S/C19H27N7O/c1-13-21-18(23-22-13)19-5-6-25(9-14-7-20-24(2)8-14)10-16(19)11-26(12-19)17(27)15-3-4-15/h7-8,15-16H,3-6,9-12H2,1-2H3,(H,21,22,23)/t16-,19-/m1/s1. The van der Waals surface area contributed by atoms with E-state index in [0.29, 0.717) is 11.8 Å². The van der Waals surface area contributed by atoms with E-state index in [4.69, 9.17) is 4.98 Å². The molecule has 1 saturated carbocycles. The molecule has 1 aliphatic carbocycles. The molecule has 5 rings (SSSR count). The molecule has 2 atom stereocenters. The molecule has 0 radical (unpaired) electrons. The van der Waals surface area contributed by atoms with E-state index in [0.717, 1.165) is 63.6 Å². The smallest absolute Gasteiger partial charge is 0.225 e. The van der Waals surface area contributed by atoms with Gasteiger partial charge in [0, 0.05) is 56.8 Å². The summed E-state index contributed by atoms with van der Waals surface area (Å²) in [5, 5.41) is 11.8. The summed E-state index contributed by atoms with van der Waals surface area (Å²) in [6.45, 7) is 6.41.